The third-order valence-corrected chi connectivity index (χ3v) is 6.86. The van der Waals surface area contributed by atoms with Crippen molar-refractivity contribution in [2.75, 3.05) is 19.6 Å². The second-order valence-corrected chi connectivity index (χ2v) is 8.51. The Balaban J connectivity index is 1.77. The van der Waals surface area contributed by atoms with Gasteiger partial charge < -0.3 is 15.1 Å². The molecule has 1 amide bonds. The lowest BCUT2D eigenvalue weighted by Gasteiger charge is -2.30. The van der Waals surface area contributed by atoms with E-state index in [0.717, 1.165) is 32.2 Å². The first kappa shape index (κ1) is 17.4. The Hall–Kier alpha value is -1.38. The Morgan fingerprint density at radius 1 is 1.33 bits per heavy atom. The number of rotatable bonds is 4. The molecular weight excluding hydrogens is 330 g/mol. The molecule has 2 N–H and O–H groups in total. The van der Waals surface area contributed by atoms with Crippen LogP contribution in [-0.2, 0) is 10.0 Å². The van der Waals surface area contributed by atoms with Gasteiger partial charge in [-0.25, -0.2) is 8.42 Å². The van der Waals surface area contributed by atoms with Crippen LogP contribution >= 0.6 is 0 Å². The Kier molecular flexibility index (Phi) is 4.98. The van der Waals surface area contributed by atoms with E-state index in [9.17, 15) is 13.2 Å². The summed E-state index contributed by atoms with van der Waals surface area (Å²) in [5.41, 5.74) is 0. The van der Waals surface area contributed by atoms with Crippen molar-refractivity contribution in [3.63, 3.8) is 0 Å². The number of nitrogens with zero attached hydrogens (tertiary/aromatic N) is 1. The molecule has 2 saturated heterocycles. The smallest absolute Gasteiger partial charge is 0.287 e. The highest BCUT2D eigenvalue weighted by Gasteiger charge is 2.32. The Morgan fingerprint density at radius 2 is 2.04 bits per heavy atom. The molecule has 24 heavy (non-hydrogen) atoms. The predicted molar refractivity (Wildman–Crippen MR) is 89.4 cm³/mol. The van der Waals surface area contributed by atoms with Crippen LogP contribution < -0.4 is 10.6 Å². The van der Waals surface area contributed by atoms with Gasteiger partial charge in [-0.05, 0) is 46.1 Å². The number of nitrogens with one attached hydrogen (secondary N) is 2. The van der Waals surface area contributed by atoms with Crippen molar-refractivity contribution in [1.82, 2.24) is 14.9 Å². The van der Waals surface area contributed by atoms with Crippen LogP contribution in [0.1, 0.15) is 48.9 Å². The van der Waals surface area contributed by atoms with Crippen molar-refractivity contribution < 1.29 is 17.6 Å². The number of piperidine rings is 1. The topological polar surface area (TPSA) is 91.6 Å². The minimum absolute atomic E-state index is 0.0234. The highest BCUT2D eigenvalue weighted by atomic mass is 32.2. The summed E-state index contributed by atoms with van der Waals surface area (Å²) < 4.78 is 32.2. The summed E-state index contributed by atoms with van der Waals surface area (Å²) >= 11 is 0. The molecule has 2 aliphatic rings. The van der Waals surface area contributed by atoms with Gasteiger partial charge in [0.1, 0.15) is 10.7 Å². The van der Waals surface area contributed by atoms with Gasteiger partial charge in [-0.1, -0.05) is 0 Å². The van der Waals surface area contributed by atoms with Crippen LogP contribution in [0.4, 0.5) is 0 Å². The van der Waals surface area contributed by atoms with Crippen molar-refractivity contribution in [2.45, 2.75) is 56.5 Å². The molecular formula is C16H25N3O4S. The number of amides is 1. The van der Waals surface area contributed by atoms with Crippen LogP contribution in [0.3, 0.4) is 0 Å². The van der Waals surface area contributed by atoms with Gasteiger partial charge in [0.15, 0.2) is 5.76 Å². The molecule has 2 aliphatic heterocycles. The van der Waals surface area contributed by atoms with Crippen LogP contribution in [-0.4, -0.2) is 50.3 Å². The Morgan fingerprint density at radius 3 is 2.71 bits per heavy atom. The molecule has 134 valence electrons. The first-order valence-electron chi connectivity index (χ1n) is 8.54. The van der Waals surface area contributed by atoms with Gasteiger partial charge in [-0.15, -0.1) is 0 Å². The Bertz CT molecular complexity index is 707. The largest absolute Gasteiger partial charge is 0.455 e. The predicted octanol–water partition coefficient (Wildman–Crippen LogP) is 1.24. The van der Waals surface area contributed by atoms with Crippen molar-refractivity contribution in [3.8, 4) is 0 Å². The molecule has 3 heterocycles. The second kappa shape index (κ2) is 6.85. The number of carbonyl (C=O) groups is 1. The third-order valence-electron chi connectivity index (χ3n) is 4.86. The van der Waals surface area contributed by atoms with Crippen molar-refractivity contribution >= 4 is 15.9 Å². The lowest BCUT2D eigenvalue weighted by Crippen LogP contribution is -2.51. The van der Waals surface area contributed by atoms with Crippen LogP contribution in [0.2, 0.25) is 0 Å². The maximum Gasteiger partial charge on any atom is 0.287 e. The third kappa shape index (κ3) is 3.36. The molecule has 2 atom stereocenters. The van der Waals surface area contributed by atoms with Crippen LogP contribution in [0.25, 0.3) is 0 Å². The van der Waals surface area contributed by atoms with Crippen molar-refractivity contribution in [1.29, 1.82) is 0 Å². The average molecular weight is 355 g/mol. The van der Waals surface area contributed by atoms with E-state index in [0.29, 0.717) is 13.1 Å². The van der Waals surface area contributed by atoms with Crippen molar-refractivity contribution in [3.05, 3.63) is 17.6 Å². The van der Waals surface area contributed by atoms with Crippen molar-refractivity contribution in [2.24, 2.45) is 0 Å². The molecule has 1 aromatic heterocycles. The first-order chi connectivity index (χ1) is 11.4. The standard InChI is InChI=1S/C16H25N3O4S/c1-11-13(6-5-7-17-11)18-16(20)14-10-15(12(2)23-14)24(21,22)19-8-3-4-9-19/h10-11,13,17H,3-9H2,1-2H3,(H,18,20). The number of carbonyl (C=O) groups excluding carboxylic acids is 1. The Labute approximate surface area is 142 Å². The summed E-state index contributed by atoms with van der Waals surface area (Å²) in [5, 5.41) is 6.26. The lowest BCUT2D eigenvalue weighted by atomic mass is 10.00. The zero-order valence-corrected chi connectivity index (χ0v) is 15.0. The molecule has 2 fully saturated rings. The van der Waals surface area contributed by atoms with E-state index in [1.54, 1.807) is 6.92 Å². The maximum absolute atomic E-state index is 12.7. The SMILES string of the molecule is Cc1oc(C(=O)NC2CCCNC2C)cc1S(=O)(=O)N1CCCC1. The van der Waals surface area contributed by atoms with Gasteiger partial charge in [0, 0.05) is 31.2 Å². The number of hydrogen-bond acceptors (Lipinski definition) is 5. The van der Waals surface area contributed by atoms with Gasteiger partial charge in [0.05, 0.1) is 0 Å². The summed E-state index contributed by atoms with van der Waals surface area (Å²) in [6.45, 7) is 5.62. The summed E-state index contributed by atoms with van der Waals surface area (Å²) in [4.78, 5) is 12.5. The van der Waals surface area contributed by atoms with E-state index in [4.69, 9.17) is 4.42 Å². The summed E-state index contributed by atoms with van der Waals surface area (Å²) in [5.74, 6) is -0.0357. The van der Waals surface area contributed by atoms with E-state index in [2.05, 4.69) is 10.6 Å². The van der Waals surface area contributed by atoms with Gasteiger partial charge in [0.25, 0.3) is 5.91 Å². The normalized spacial score (nSPS) is 25.8. The number of hydrogen-bond donors (Lipinski definition) is 2. The quantitative estimate of drug-likeness (QED) is 0.848. The molecule has 0 radical (unpaired) electrons. The summed E-state index contributed by atoms with van der Waals surface area (Å²) in [6.07, 6.45) is 3.64. The zero-order chi connectivity index (χ0) is 17.3. The molecule has 8 heteroatoms. The molecule has 0 spiro atoms. The van der Waals surface area contributed by atoms with E-state index in [1.165, 1.54) is 10.4 Å². The molecule has 3 rings (SSSR count). The van der Waals surface area contributed by atoms with Gasteiger partial charge in [0.2, 0.25) is 10.0 Å². The van der Waals surface area contributed by atoms with Gasteiger partial charge >= 0.3 is 0 Å². The highest BCUT2D eigenvalue weighted by molar-refractivity contribution is 7.89. The first-order valence-corrected chi connectivity index (χ1v) is 9.98. The fraction of sp³-hybridized carbons (Fsp3) is 0.688. The minimum atomic E-state index is -3.58. The fourth-order valence-electron chi connectivity index (χ4n) is 3.38. The molecule has 7 nitrogen and oxygen atoms in total. The fourth-order valence-corrected chi connectivity index (χ4v) is 5.06. The molecule has 1 aromatic rings. The minimum Gasteiger partial charge on any atom is -0.455 e. The van der Waals surface area contributed by atoms with E-state index in [-0.39, 0.29) is 34.4 Å². The summed E-state index contributed by atoms with van der Waals surface area (Å²) in [6, 6.07) is 1.57. The van der Waals surface area contributed by atoms with Crippen LogP contribution in [0.5, 0.6) is 0 Å². The number of aryl methyl sites for hydroxylation is 1. The van der Waals surface area contributed by atoms with Gasteiger partial charge in [-0.2, -0.15) is 4.31 Å². The molecule has 0 bridgehead atoms. The monoisotopic (exact) mass is 355 g/mol. The molecule has 0 aliphatic carbocycles. The number of sulfonamides is 1. The molecule has 0 aromatic carbocycles. The average Bonchev–Trinajstić information content (AvgIpc) is 3.19. The van der Waals surface area contributed by atoms with E-state index < -0.39 is 10.0 Å². The summed E-state index contributed by atoms with van der Waals surface area (Å²) in [7, 11) is -3.58. The maximum atomic E-state index is 12.7. The van der Waals surface area contributed by atoms with E-state index in [1.807, 2.05) is 6.92 Å². The highest BCUT2D eigenvalue weighted by Crippen LogP contribution is 2.26. The van der Waals surface area contributed by atoms with Crippen LogP contribution in [0.15, 0.2) is 15.4 Å². The lowest BCUT2D eigenvalue weighted by molar-refractivity contribution is 0.0890. The number of furan rings is 1. The molecule has 0 saturated carbocycles. The van der Waals surface area contributed by atoms with Crippen LogP contribution in [0, 0.1) is 6.92 Å². The van der Waals surface area contributed by atoms with E-state index >= 15 is 0 Å². The molecule has 2 unspecified atom stereocenters. The van der Waals surface area contributed by atoms with Gasteiger partial charge in [-0.3, -0.25) is 4.79 Å². The second-order valence-electron chi connectivity index (χ2n) is 6.61. The zero-order valence-electron chi connectivity index (χ0n) is 14.2.